The highest BCUT2D eigenvalue weighted by Gasteiger charge is 2.32. The Morgan fingerprint density at radius 3 is 2.50 bits per heavy atom. The highest BCUT2D eigenvalue weighted by molar-refractivity contribution is 7.95. The third-order valence-electron chi connectivity index (χ3n) is 9.23. The lowest BCUT2D eigenvalue weighted by Crippen LogP contribution is -2.46. The van der Waals surface area contributed by atoms with Gasteiger partial charge in [-0.25, -0.2) is 4.31 Å². The van der Waals surface area contributed by atoms with Crippen LogP contribution >= 0.6 is 12.1 Å². The average molecular weight is 646 g/mol. The smallest absolute Gasteiger partial charge is 0.262 e. The number of rotatable bonds is 8. The molecule has 0 unspecified atom stereocenters. The van der Waals surface area contributed by atoms with Gasteiger partial charge >= 0.3 is 0 Å². The molecule has 0 atom stereocenters. The molecule has 2 aliphatic heterocycles. The fraction of sp³-hybridized carbons (Fsp3) is 0.457. The van der Waals surface area contributed by atoms with E-state index in [0.29, 0.717) is 55.7 Å². The molecule has 3 amide bonds. The van der Waals surface area contributed by atoms with E-state index in [0.717, 1.165) is 40.6 Å². The summed E-state index contributed by atoms with van der Waals surface area (Å²) in [6, 6.07) is 12.0. The van der Waals surface area contributed by atoms with E-state index >= 15 is 0 Å². The summed E-state index contributed by atoms with van der Waals surface area (Å²) in [6.07, 6.45) is 7.75. The number of ether oxygens (including phenoxy) is 2. The highest BCUT2D eigenvalue weighted by Crippen LogP contribution is 2.47. The Morgan fingerprint density at radius 1 is 1.02 bits per heavy atom. The van der Waals surface area contributed by atoms with Crippen molar-refractivity contribution < 1.29 is 23.9 Å². The standard InChI is InChI=1S/C35H43N5O5S/c1-37(2)46-36-34(42)24-10-12-29-30(20-24)40-21-26(35(43)38(3)22-31(41)39-14-16-45-17-15-39)18-25-19-27(44-4)11-13-28(25)33(40)32(29)23-8-6-5-7-9-23/h10-13,18-20,23H,5-9,14-17,21-22H2,1-4H3,(H,36,42). The van der Waals surface area contributed by atoms with Gasteiger partial charge in [0.25, 0.3) is 11.8 Å². The number of hydrogen-bond donors (Lipinski definition) is 1. The summed E-state index contributed by atoms with van der Waals surface area (Å²) < 4.78 is 18.0. The molecular weight excluding hydrogens is 602 g/mol. The zero-order valence-electron chi connectivity index (χ0n) is 27.1. The Labute approximate surface area is 274 Å². The van der Waals surface area contributed by atoms with Crippen LogP contribution in [0.1, 0.15) is 59.5 Å². The normalized spacial score (nSPS) is 16.8. The van der Waals surface area contributed by atoms with Crippen molar-refractivity contribution in [2.24, 2.45) is 0 Å². The highest BCUT2D eigenvalue weighted by atomic mass is 32.2. The van der Waals surface area contributed by atoms with Gasteiger partial charge in [0.2, 0.25) is 5.91 Å². The fourth-order valence-electron chi connectivity index (χ4n) is 6.94. The minimum absolute atomic E-state index is 0.0123. The molecule has 6 rings (SSSR count). The lowest BCUT2D eigenvalue weighted by atomic mass is 9.81. The van der Waals surface area contributed by atoms with E-state index in [4.69, 9.17) is 9.47 Å². The molecule has 2 aromatic carbocycles. The zero-order valence-corrected chi connectivity index (χ0v) is 28.0. The number of aromatic nitrogens is 1. The van der Waals surface area contributed by atoms with Gasteiger partial charge in [-0.05, 0) is 80.4 Å². The van der Waals surface area contributed by atoms with Crippen molar-refractivity contribution in [2.75, 3.05) is 61.1 Å². The van der Waals surface area contributed by atoms with Crippen molar-refractivity contribution in [2.45, 2.75) is 44.6 Å². The lowest BCUT2D eigenvalue weighted by Gasteiger charge is -2.29. The zero-order chi connectivity index (χ0) is 32.4. The van der Waals surface area contributed by atoms with E-state index in [1.54, 1.807) is 19.1 Å². The van der Waals surface area contributed by atoms with Crippen molar-refractivity contribution in [3.63, 3.8) is 0 Å². The second-order valence-corrected chi connectivity index (χ2v) is 13.6. The van der Waals surface area contributed by atoms with Crippen LogP contribution in [-0.2, 0) is 20.9 Å². The molecule has 1 aliphatic carbocycles. The number of carbonyl (C=O) groups is 3. The van der Waals surface area contributed by atoms with E-state index < -0.39 is 0 Å². The number of methoxy groups -OCH3 is 1. The van der Waals surface area contributed by atoms with Crippen molar-refractivity contribution in [3.05, 3.63) is 58.7 Å². The molecule has 2 fully saturated rings. The van der Waals surface area contributed by atoms with Gasteiger partial charge < -0.3 is 23.8 Å². The van der Waals surface area contributed by atoms with E-state index in [1.165, 1.54) is 41.9 Å². The minimum Gasteiger partial charge on any atom is -0.497 e. The first kappa shape index (κ1) is 32.2. The molecule has 0 spiro atoms. The SMILES string of the molecule is COc1ccc2c(c1)C=C(C(=O)N(C)CC(=O)N1CCOCC1)Cn1c-2c(C2CCCCC2)c2ccc(C(=O)NSN(C)C)cc21. The molecule has 11 heteroatoms. The molecule has 1 saturated heterocycles. The maximum Gasteiger partial charge on any atom is 0.262 e. The predicted octanol–water partition coefficient (Wildman–Crippen LogP) is 4.93. The fourth-order valence-corrected chi connectivity index (χ4v) is 7.32. The maximum atomic E-state index is 14.2. The molecule has 0 radical (unpaired) electrons. The van der Waals surface area contributed by atoms with E-state index in [-0.39, 0.29) is 24.3 Å². The summed E-state index contributed by atoms with van der Waals surface area (Å²) in [5.41, 5.74) is 6.35. The van der Waals surface area contributed by atoms with Gasteiger partial charge in [0.15, 0.2) is 0 Å². The predicted molar refractivity (Wildman–Crippen MR) is 182 cm³/mol. The first-order valence-corrected chi connectivity index (χ1v) is 16.8. The van der Waals surface area contributed by atoms with Crippen LogP contribution in [0.2, 0.25) is 0 Å². The van der Waals surface area contributed by atoms with Crippen LogP contribution in [0.5, 0.6) is 5.75 Å². The van der Waals surface area contributed by atoms with Gasteiger partial charge in [0, 0.05) is 59.9 Å². The Bertz CT molecular complexity index is 1670. The Kier molecular flexibility index (Phi) is 9.72. The van der Waals surface area contributed by atoms with Gasteiger partial charge in [-0.1, -0.05) is 25.3 Å². The molecule has 0 bridgehead atoms. The van der Waals surface area contributed by atoms with Gasteiger partial charge in [0.1, 0.15) is 5.75 Å². The maximum absolute atomic E-state index is 14.2. The number of nitrogens with one attached hydrogen (secondary N) is 1. The molecule has 10 nitrogen and oxygen atoms in total. The van der Waals surface area contributed by atoms with Crippen molar-refractivity contribution in [3.8, 4) is 17.0 Å². The summed E-state index contributed by atoms with van der Waals surface area (Å²) in [7, 11) is 7.08. The van der Waals surface area contributed by atoms with E-state index in [1.807, 2.05) is 48.7 Å². The Balaban J connectivity index is 1.46. The van der Waals surface area contributed by atoms with Crippen LogP contribution in [0.15, 0.2) is 42.0 Å². The molecular formula is C35H43N5O5S. The second kappa shape index (κ2) is 13.9. The van der Waals surface area contributed by atoms with E-state index in [9.17, 15) is 14.4 Å². The molecule has 1 N–H and O–H groups in total. The molecule has 3 heterocycles. The number of carbonyl (C=O) groups excluding carboxylic acids is 3. The molecule has 46 heavy (non-hydrogen) atoms. The summed E-state index contributed by atoms with van der Waals surface area (Å²) in [5.74, 6) is 0.604. The number of amides is 3. The number of fused-ring (bicyclic) bond motifs is 5. The van der Waals surface area contributed by atoms with Gasteiger partial charge in [-0.3, -0.25) is 19.1 Å². The summed E-state index contributed by atoms with van der Waals surface area (Å²) in [6.45, 7) is 2.37. The third kappa shape index (κ3) is 6.54. The van der Waals surface area contributed by atoms with Crippen LogP contribution in [0, 0.1) is 0 Å². The third-order valence-corrected chi connectivity index (χ3v) is 9.87. The Morgan fingerprint density at radius 2 is 1.78 bits per heavy atom. The van der Waals surface area contributed by atoms with Crippen molar-refractivity contribution in [1.82, 2.24) is 23.4 Å². The lowest BCUT2D eigenvalue weighted by molar-refractivity contribution is -0.140. The quantitative estimate of drug-likeness (QED) is 0.347. The molecule has 1 aromatic heterocycles. The largest absolute Gasteiger partial charge is 0.497 e. The number of hydrogen-bond acceptors (Lipinski definition) is 7. The van der Waals surface area contributed by atoms with Crippen LogP contribution in [0.4, 0.5) is 0 Å². The van der Waals surface area contributed by atoms with Crippen molar-refractivity contribution >= 4 is 46.8 Å². The summed E-state index contributed by atoms with van der Waals surface area (Å²) in [4.78, 5) is 43.7. The monoisotopic (exact) mass is 645 g/mol. The second-order valence-electron chi connectivity index (χ2n) is 12.5. The summed E-state index contributed by atoms with van der Waals surface area (Å²) in [5, 5.41) is 1.12. The molecule has 1 saturated carbocycles. The van der Waals surface area contributed by atoms with Crippen LogP contribution < -0.4 is 9.46 Å². The van der Waals surface area contributed by atoms with Gasteiger partial charge in [-0.2, -0.15) is 0 Å². The van der Waals surface area contributed by atoms with Gasteiger partial charge in [-0.15, -0.1) is 0 Å². The average Bonchev–Trinajstić information content (AvgIpc) is 3.29. The molecule has 3 aliphatic rings. The van der Waals surface area contributed by atoms with Crippen LogP contribution in [0.25, 0.3) is 28.2 Å². The van der Waals surface area contributed by atoms with Crippen molar-refractivity contribution in [1.29, 1.82) is 0 Å². The first-order chi connectivity index (χ1) is 22.2. The van der Waals surface area contributed by atoms with Gasteiger partial charge in [0.05, 0.1) is 39.1 Å². The first-order valence-electron chi connectivity index (χ1n) is 16.1. The number of nitrogens with zero attached hydrogens (tertiary/aromatic N) is 4. The van der Waals surface area contributed by atoms with E-state index in [2.05, 4.69) is 21.4 Å². The Hall–Kier alpha value is -3.80. The van der Waals surface area contributed by atoms with Crippen LogP contribution in [-0.4, -0.2) is 97.5 Å². The minimum atomic E-state index is -0.208. The van der Waals surface area contributed by atoms with Crippen LogP contribution in [0.3, 0.4) is 0 Å². The number of morpholine rings is 1. The molecule has 244 valence electrons. The number of benzene rings is 2. The topological polar surface area (TPSA) is 96.3 Å². The summed E-state index contributed by atoms with van der Waals surface area (Å²) >= 11 is 1.23. The molecule has 3 aromatic rings. The number of likely N-dealkylation sites (N-methyl/N-ethyl adjacent to an activating group) is 1.